The van der Waals surface area contributed by atoms with E-state index in [0.29, 0.717) is 11.0 Å². The topological polar surface area (TPSA) is 52.5 Å². The smallest absolute Gasteiger partial charge is 0.129 e. The molecule has 3 N–H and O–H groups in total. The average Bonchev–Trinajstić information content (AvgIpc) is 2.24. The molecule has 0 radical (unpaired) electrons. The molecule has 0 amide bonds. The summed E-state index contributed by atoms with van der Waals surface area (Å²) in [5.41, 5.74) is 1.08. The van der Waals surface area contributed by atoms with Gasteiger partial charge in [-0.05, 0) is 40.0 Å². The van der Waals surface area contributed by atoms with Crippen LogP contribution in [0.2, 0.25) is 0 Å². The molecular weight excluding hydrogens is 258 g/mol. The van der Waals surface area contributed by atoms with Crippen molar-refractivity contribution < 1.29 is 10.2 Å². The average molecular weight is 274 g/mol. The Hall–Kier alpha value is -0.580. The molecule has 15 heavy (non-hydrogen) atoms. The van der Waals surface area contributed by atoms with Gasteiger partial charge in [0.25, 0.3) is 0 Å². The lowest BCUT2D eigenvalue weighted by Crippen LogP contribution is -2.31. The molecule has 84 valence electrons. The Morgan fingerprint density at radius 2 is 2.20 bits per heavy atom. The van der Waals surface area contributed by atoms with E-state index in [2.05, 4.69) is 21.2 Å². The summed E-state index contributed by atoms with van der Waals surface area (Å²) < 4.78 is 0.693. The molecule has 0 spiro atoms. The van der Waals surface area contributed by atoms with Crippen molar-refractivity contribution in [3.05, 3.63) is 28.2 Å². The number of aromatic hydroxyl groups is 1. The van der Waals surface area contributed by atoms with Gasteiger partial charge in [0, 0.05) is 12.6 Å². The van der Waals surface area contributed by atoms with Crippen molar-refractivity contribution in [1.29, 1.82) is 0 Å². The second kappa shape index (κ2) is 6.10. The third-order valence-electron chi connectivity index (χ3n) is 2.32. The molecule has 0 saturated heterocycles. The number of nitrogens with one attached hydrogen (secondary N) is 1. The molecule has 4 heteroatoms. The second-order valence-electron chi connectivity index (χ2n) is 3.45. The minimum atomic E-state index is 0.137. The molecule has 0 bridgehead atoms. The molecule has 0 heterocycles. The Kier molecular flexibility index (Phi) is 5.08. The van der Waals surface area contributed by atoms with Gasteiger partial charge in [-0.2, -0.15) is 0 Å². The Bertz CT molecular complexity index is 313. The molecule has 0 aliphatic heterocycles. The van der Waals surface area contributed by atoms with Crippen LogP contribution in [-0.2, 0) is 6.54 Å². The molecule has 1 aromatic rings. The predicted molar refractivity (Wildman–Crippen MR) is 63.8 cm³/mol. The molecule has 1 aromatic carbocycles. The lowest BCUT2D eigenvalue weighted by molar-refractivity contribution is 0.238. The molecule has 1 atom stereocenters. The molecule has 0 aliphatic carbocycles. The van der Waals surface area contributed by atoms with E-state index in [1.54, 1.807) is 6.07 Å². The van der Waals surface area contributed by atoms with E-state index in [9.17, 15) is 5.11 Å². The number of benzene rings is 1. The van der Waals surface area contributed by atoms with E-state index >= 15 is 0 Å². The van der Waals surface area contributed by atoms with Crippen LogP contribution in [0.3, 0.4) is 0 Å². The van der Waals surface area contributed by atoms with Gasteiger partial charge in [-0.1, -0.05) is 13.0 Å². The van der Waals surface area contributed by atoms with Crippen molar-refractivity contribution in [2.24, 2.45) is 0 Å². The second-order valence-corrected chi connectivity index (χ2v) is 4.31. The van der Waals surface area contributed by atoms with Crippen molar-refractivity contribution >= 4 is 15.9 Å². The highest BCUT2D eigenvalue weighted by Gasteiger charge is 2.04. The van der Waals surface area contributed by atoms with Crippen LogP contribution in [0, 0.1) is 0 Å². The summed E-state index contributed by atoms with van der Waals surface area (Å²) in [6.45, 7) is 2.87. The number of hydrogen-bond donors (Lipinski definition) is 3. The van der Waals surface area contributed by atoms with Gasteiger partial charge < -0.3 is 15.5 Å². The fourth-order valence-corrected chi connectivity index (χ4v) is 1.69. The Morgan fingerprint density at radius 1 is 1.47 bits per heavy atom. The highest BCUT2D eigenvalue weighted by molar-refractivity contribution is 9.10. The van der Waals surface area contributed by atoms with Crippen LogP contribution in [0.5, 0.6) is 5.75 Å². The van der Waals surface area contributed by atoms with E-state index in [1.807, 2.05) is 19.1 Å². The third-order valence-corrected chi connectivity index (χ3v) is 2.96. The standard InChI is InChI=1S/C11H16BrNO2/c1-2-9(7-14)13-6-8-3-4-11(15)10(12)5-8/h3-5,9,13-15H,2,6-7H2,1H3/t9-/m0/s1. The molecule has 0 fully saturated rings. The van der Waals surface area contributed by atoms with Gasteiger partial charge in [0.1, 0.15) is 5.75 Å². The summed E-state index contributed by atoms with van der Waals surface area (Å²) in [6, 6.07) is 5.52. The van der Waals surface area contributed by atoms with Gasteiger partial charge in [-0.3, -0.25) is 0 Å². The van der Waals surface area contributed by atoms with Crippen molar-refractivity contribution in [2.75, 3.05) is 6.61 Å². The number of aliphatic hydroxyl groups is 1. The van der Waals surface area contributed by atoms with Crippen LogP contribution in [0.25, 0.3) is 0 Å². The van der Waals surface area contributed by atoms with E-state index in [-0.39, 0.29) is 18.4 Å². The first-order chi connectivity index (χ1) is 7.17. The number of rotatable bonds is 5. The summed E-state index contributed by atoms with van der Waals surface area (Å²) in [5, 5.41) is 21.5. The van der Waals surface area contributed by atoms with Crippen LogP contribution in [-0.4, -0.2) is 22.9 Å². The zero-order valence-corrected chi connectivity index (χ0v) is 10.3. The Labute approximate surface area is 98.3 Å². The highest BCUT2D eigenvalue weighted by atomic mass is 79.9. The monoisotopic (exact) mass is 273 g/mol. The number of phenolic OH excluding ortho intramolecular Hbond substituents is 1. The highest BCUT2D eigenvalue weighted by Crippen LogP contribution is 2.24. The normalized spacial score (nSPS) is 12.7. The largest absolute Gasteiger partial charge is 0.507 e. The predicted octanol–water partition coefficient (Wildman–Crippen LogP) is 2.02. The minimum absolute atomic E-state index is 0.137. The van der Waals surface area contributed by atoms with E-state index in [4.69, 9.17) is 5.11 Å². The van der Waals surface area contributed by atoms with Crippen molar-refractivity contribution in [1.82, 2.24) is 5.32 Å². The summed E-state index contributed by atoms with van der Waals surface area (Å²) in [7, 11) is 0. The number of halogens is 1. The quantitative estimate of drug-likeness (QED) is 0.770. The van der Waals surface area contributed by atoms with Crippen LogP contribution in [0.4, 0.5) is 0 Å². The van der Waals surface area contributed by atoms with Gasteiger partial charge in [0.05, 0.1) is 11.1 Å². The Balaban J connectivity index is 2.54. The third kappa shape index (κ3) is 3.81. The van der Waals surface area contributed by atoms with E-state index < -0.39 is 0 Å². The van der Waals surface area contributed by atoms with Crippen LogP contribution < -0.4 is 5.32 Å². The summed E-state index contributed by atoms with van der Waals surface area (Å²) in [4.78, 5) is 0. The van der Waals surface area contributed by atoms with Crippen LogP contribution in [0.15, 0.2) is 22.7 Å². The zero-order valence-electron chi connectivity index (χ0n) is 8.70. The molecule has 0 unspecified atom stereocenters. The van der Waals surface area contributed by atoms with Gasteiger partial charge >= 0.3 is 0 Å². The summed E-state index contributed by atoms with van der Waals surface area (Å²) in [6.07, 6.45) is 0.899. The molecule has 0 saturated carbocycles. The summed E-state index contributed by atoms with van der Waals surface area (Å²) >= 11 is 3.26. The van der Waals surface area contributed by atoms with Crippen LogP contribution in [0.1, 0.15) is 18.9 Å². The molecule has 0 aliphatic rings. The number of phenols is 1. The Morgan fingerprint density at radius 3 is 2.73 bits per heavy atom. The van der Waals surface area contributed by atoms with Gasteiger partial charge in [0.15, 0.2) is 0 Å². The minimum Gasteiger partial charge on any atom is -0.507 e. The lowest BCUT2D eigenvalue weighted by Gasteiger charge is -2.14. The van der Waals surface area contributed by atoms with E-state index in [0.717, 1.165) is 12.0 Å². The maximum atomic E-state index is 9.31. The first-order valence-electron chi connectivity index (χ1n) is 4.99. The lowest BCUT2D eigenvalue weighted by atomic mass is 10.2. The fourth-order valence-electron chi connectivity index (χ4n) is 1.26. The molecule has 1 rings (SSSR count). The van der Waals surface area contributed by atoms with Crippen molar-refractivity contribution in [3.8, 4) is 5.75 Å². The molecule has 0 aromatic heterocycles. The van der Waals surface area contributed by atoms with Gasteiger partial charge in [-0.15, -0.1) is 0 Å². The van der Waals surface area contributed by atoms with E-state index in [1.165, 1.54) is 0 Å². The number of hydrogen-bond acceptors (Lipinski definition) is 3. The van der Waals surface area contributed by atoms with Crippen molar-refractivity contribution in [3.63, 3.8) is 0 Å². The molecular formula is C11H16BrNO2. The van der Waals surface area contributed by atoms with Gasteiger partial charge in [0.2, 0.25) is 0 Å². The fraction of sp³-hybridized carbons (Fsp3) is 0.455. The molecule has 3 nitrogen and oxygen atoms in total. The van der Waals surface area contributed by atoms with Crippen molar-refractivity contribution in [2.45, 2.75) is 25.9 Å². The first kappa shape index (κ1) is 12.5. The zero-order chi connectivity index (χ0) is 11.3. The first-order valence-corrected chi connectivity index (χ1v) is 5.78. The van der Waals surface area contributed by atoms with Crippen LogP contribution >= 0.6 is 15.9 Å². The SMILES string of the molecule is CC[C@@H](CO)NCc1ccc(O)c(Br)c1. The maximum Gasteiger partial charge on any atom is 0.129 e. The maximum absolute atomic E-state index is 9.31. The van der Waals surface area contributed by atoms with Gasteiger partial charge in [-0.25, -0.2) is 0 Å². The number of aliphatic hydroxyl groups excluding tert-OH is 1. The summed E-state index contributed by atoms with van der Waals surface area (Å²) in [5.74, 6) is 0.243.